The predicted octanol–water partition coefficient (Wildman–Crippen LogP) is 0.174. The second-order valence-corrected chi connectivity index (χ2v) is 5.34. The lowest BCUT2D eigenvalue weighted by Crippen LogP contribution is -2.30. The zero-order valence-electron chi connectivity index (χ0n) is 9.67. The normalized spacial score (nSPS) is 20.8. The summed E-state index contributed by atoms with van der Waals surface area (Å²) in [6.45, 7) is 2.24. The standard InChI is InChI=1S/C10H19N5S/c1-14(10-2-5-16-8-10)6-9-7-15(4-3-11)13-12-9/h7,10H,2-6,8,11H2,1H3. The highest BCUT2D eigenvalue weighted by atomic mass is 32.2. The van der Waals surface area contributed by atoms with Crippen molar-refractivity contribution in [2.45, 2.75) is 25.6 Å². The van der Waals surface area contributed by atoms with Gasteiger partial charge in [-0.05, 0) is 19.2 Å². The van der Waals surface area contributed by atoms with Crippen molar-refractivity contribution in [3.63, 3.8) is 0 Å². The number of hydrogen-bond donors (Lipinski definition) is 1. The molecule has 1 saturated heterocycles. The summed E-state index contributed by atoms with van der Waals surface area (Å²) in [5.74, 6) is 2.53. The quantitative estimate of drug-likeness (QED) is 0.796. The molecule has 2 heterocycles. The first-order valence-corrected chi connectivity index (χ1v) is 6.82. The molecule has 1 aromatic heterocycles. The Morgan fingerprint density at radius 3 is 3.25 bits per heavy atom. The molecule has 1 aliphatic heterocycles. The molecular weight excluding hydrogens is 222 g/mol. The zero-order valence-corrected chi connectivity index (χ0v) is 10.5. The molecule has 2 N–H and O–H groups in total. The van der Waals surface area contributed by atoms with E-state index in [0.29, 0.717) is 12.6 Å². The van der Waals surface area contributed by atoms with E-state index >= 15 is 0 Å². The van der Waals surface area contributed by atoms with E-state index in [-0.39, 0.29) is 0 Å². The van der Waals surface area contributed by atoms with Crippen molar-refractivity contribution < 1.29 is 0 Å². The van der Waals surface area contributed by atoms with Crippen LogP contribution < -0.4 is 5.73 Å². The van der Waals surface area contributed by atoms with Gasteiger partial charge in [-0.25, -0.2) is 0 Å². The van der Waals surface area contributed by atoms with Crippen LogP contribution in [-0.4, -0.2) is 51.0 Å². The van der Waals surface area contributed by atoms with Crippen molar-refractivity contribution in [1.29, 1.82) is 0 Å². The van der Waals surface area contributed by atoms with E-state index in [1.54, 1.807) is 0 Å². The summed E-state index contributed by atoms with van der Waals surface area (Å²) in [7, 11) is 2.17. The molecule has 0 saturated carbocycles. The third-order valence-corrected chi connectivity index (χ3v) is 4.03. The molecule has 1 fully saturated rings. The fraction of sp³-hybridized carbons (Fsp3) is 0.800. The fourth-order valence-electron chi connectivity index (χ4n) is 1.91. The highest BCUT2D eigenvalue weighted by Crippen LogP contribution is 2.22. The topological polar surface area (TPSA) is 60.0 Å². The first-order valence-electron chi connectivity index (χ1n) is 5.66. The third-order valence-electron chi connectivity index (χ3n) is 2.88. The lowest BCUT2D eigenvalue weighted by Gasteiger charge is -2.21. The maximum absolute atomic E-state index is 5.47. The second-order valence-electron chi connectivity index (χ2n) is 4.19. The van der Waals surface area contributed by atoms with Crippen LogP contribution in [0.2, 0.25) is 0 Å². The van der Waals surface area contributed by atoms with Crippen LogP contribution in [0.25, 0.3) is 0 Å². The number of aromatic nitrogens is 3. The molecule has 90 valence electrons. The predicted molar refractivity (Wildman–Crippen MR) is 66.3 cm³/mol. The van der Waals surface area contributed by atoms with Crippen LogP contribution in [0, 0.1) is 0 Å². The van der Waals surface area contributed by atoms with E-state index in [1.807, 2.05) is 22.6 Å². The Balaban J connectivity index is 1.87. The second kappa shape index (κ2) is 5.65. The number of nitrogens with zero attached hydrogens (tertiary/aromatic N) is 4. The summed E-state index contributed by atoms with van der Waals surface area (Å²) >= 11 is 2.03. The van der Waals surface area contributed by atoms with Gasteiger partial charge in [0.15, 0.2) is 0 Å². The summed E-state index contributed by atoms with van der Waals surface area (Å²) in [6.07, 6.45) is 3.28. The van der Waals surface area contributed by atoms with E-state index in [9.17, 15) is 0 Å². The molecule has 2 rings (SSSR count). The average Bonchev–Trinajstić information content (AvgIpc) is 2.89. The maximum atomic E-state index is 5.47. The van der Waals surface area contributed by atoms with Crippen LogP contribution in [0.1, 0.15) is 12.1 Å². The number of hydrogen-bond acceptors (Lipinski definition) is 5. The van der Waals surface area contributed by atoms with Crippen molar-refractivity contribution >= 4 is 11.8 Å². The minimum Gasteiger partial charge on any atom is -0.329 e. The van der Waals surface area contributed by atoms with Crippen molar-refractivity contribution in [2.24, 2.45) is 5.73 Å². The third kappa shape index (κ3) is 2.96. The van der Waals surface area contributed by atoms with E-state index in [0.717, 1.165) is 18.8 Å². The van der Waals surface area contributed by atoms with Crippen LogP contribution in [0.15, 0.2) is 6.20 Å². The molecule has 6 heteroatoms. The van der Waals surface area contributed by atoms with E-state index < -0.39 is 0 Å². The molecule has 0 aromatic carbocycles. The maximum Gasteiger partial charge on any atom is 0.0967 e. The van der Waals surface area contributed by atoms with Gasteiger partial charge >= 0.3 is 0 Å². The molecular formula is C10H19N5S. The molecule has 1 aromatic rings. The van der Waals surface area contributed by atoms with Crippen LogP contribution in [0.4, 0.5) is 0 Å². The van der Waals surface area contributed by atoms with Gasteiger partial charge in [0.25, 0.3) is 0 Å². The molecule has 1 aliphatic rings. The molecule has 5 nitrogen and oxygen atoms in total. The number of rotatable bonds is 5. The van der Waals surface area contributed by atoms with Gasteiger partial charge in [-0.3, -0.25) is 9.58 Å². The summed E-state index contributed by atoms with van der Waals surface area (Å²) in [4.78, 5) is 2.37. The number of nitrogens with two attached hydrogens (primary N) is 1. The summed E-state index contributed by atoms with van der Waals surface area (Å²) < 4.78 is 1.81. The Morgan fingerprint density at radius 1 is 1.69 bits per heavy atom. The van der Waals surface area contributed by atoms with Crippen molar-refractivity contribution in [2.75, 3.05) is 25.1 Å². The molecule has 0 spiro atoms. The lowest BCUT2D eigenvalue weighted by molar-refractivity contribution is 0.251. The monoisotopic (exact) mass is 241 g/mol. The molecule has 1 atom stereocenters. The molecule has 1 unspecified atom stereocenters. The fourth-order valence-corrected chi connectivity index (χ4v) is 3.21. The van der Waals surface area contributed by atoms with Gasteiger partial charge in [0.2, 0.25) is 0 Å². The molecule has 0 amide bonds. The highest BCUT2D eigenvalue weighted by molar-refractivity contribution is 7.99. The Kier molecular flexibility index (Phi) is 4.20. The highest BCUT2D eigenvalue weighted by Gasteiger charge is 2.20. The van der Waals surface area contributed by atoms with Gasteiger partial charge in [-0.15, -0.1) is 5.10 Å². The van der Waals surface area contributed by atoms with Crippen LogP contribution in [0.5, 0.6) is 0 Å². The Hall–Kier alpha value is -0.590. The number of thioether (sulfide) groups is 1. The molecule has 0 aliphatic carbocycles. The minimum atomic E-state index is 0.609. The summed E-state index contributed by atoms with van der Waals surface area (Å²) in [6, 6.07) is 0.699. The van der Waals surface area contributed by atoms with Gasteiger partial charge in [0, 0.05) is 31.1 Å². The van der Waals surface area contributed by atoms with Gasteiger partial charge in [-0.2, -0.15) is 11.8 Å². The first kappa shape index (κ1) is 11.9. The van der Waals surface area contributed by atoms with Crippen LogP contribution in [0.3, 0.4) is 0 Å². The van der Waals surface area contributed by atoms with Crippen LogP contribution in [-0.2, 0) is 13.1 Å². The summed E-state index contributed by atoms with van der Waals surface area (Å²) in [5.41, 5.74) is 6.50. The molecule has 16 heavy (non-hydrogen) atoms. The van der Waals surface area contributed by atoms with Gasteiger partial charge in [0.1, 0.15) is 0 Å². The average molecular weight is 241 g/mol. The van der Waals surface area contributed by atoms with E-state index in [1.165, 1.54) is 17.9 Å². The zero-order chi connectivity index (χ0) is 11.4. The Bertz CT molecular complexity index is 321. The largest absolute Gasteiger partial charge is 0.329 e. The van der Waals surface area contributed by atoms with Gasteiger partial charge in [0.05, 0.1) is 12.2 Å². The first-order chi connectivity index (χ1) is 7.79. The van der Waals surface area contributed by atoms with Gasteiger partial charge < -0.3 is 5.73 Å². The SMILES string of the molecule is CN(Cc1cn(CCN)nn1)C1CCSC1. The van der Waals surface area contributed by atoms with E-state index in [4.69, 9.17) is 5.73 Å². The smallest absolute Gasteiger partial charge is 0.0967 e. The molecule has 0 radical (unpaired) electrons. The van der Waals surface area contributed by atoms with Crippen molar-refractivity contribution in [3.8, 4) is 0 Å². The van der Waals surface area contributed by atoms with Crippen molar-refractivity contribution in [3.05, 3.63) is 11.9 Å². The van der Waals surface area contributed by atoms with Crippen LogP contribution >= 0.6 is 11.8 Å². The Labute approximate surface area is 100 Å². The lowest BCUT2D eigenvalue weighted by atomic mass is 10.2. The van der Waals surface area contributed by atoms with Crippen molar-refractivity contribution in [1.82, 2.24) is 19.9 Å². The molecule has 0 bridgehead atoms. The van der Waals surface area contributed by atoms with Gasteiger partial charge in [-0.1, -0.05) is 5.21 Å². The Morgan fingerprint density at radius 2 is 2.56 bits per heavy atom. The minimum absolute atomic E-state index is 0.609. The summed E-state index contributed by atoms with van der Waals surface area (Å²) in [5, 5.41) is 8.20. The van der Waals surface area contributed by atoms with E-state index in [2.05, 4.69) is 22.3 Å².